The average molecular weight is 414 g/mol. The van der Waals surface area contributed by atoms with Gasteiger partial charge in [0.15, 0.2) is 0 Å². The monoisotopic (exact) mass is 413 g/mol. The van der Waals surface area contributed by atoms with Gasteiger partial charge in [-0.15, -0.1) is 0 Å². The minimum absolute atomic E-state index is 0.106. The Bertz CT molecular complexity index is 869. The summed E-state index contributed by atoms with van der Waals surface area (Å²) in [5.74, 6) is -0.661. The summed E-state index contributed by atoms with van der Waals surface area (Å²) >= 11 is 0. The van der Waals surface area contributed by atoms with Gasteiger partial charge in [-0.05, 0) is 60.1 Å². The first-order valence-electron chi connectivity index (χ1n) is 11.2. The van der Waals surface area contributed by atoms with Crippen LogP contribution in [0.2, 0.25) is 0 Å². The number of halogens is 3. The van der Waals surface area contributed by atoms with Crippen molar-refractivity contribution in [1.82, 2.24) is 0 Å². The maximum atomic E-state index is 14.6. The standard InChI is InChI=1S/C26H30F3N/c1-2-3-4-5-18-6-8-19(9-7-18)10-11-20-14-24(28)26(25(29)15-20)21-12-13-22(17-30)23(27)16-21/h12-16,18-19H,2-11H2,1H3. The van der Waals surface area contributed by atoms with Gasteiger partial charge in [0.1, 0.15) is 23.5 Å². The Balaban J connectivity index is 1.59. The van der Waals surface area contributed by atoms with E-state index in [9.17, 15) is 13.2 Å². The molecule has 2 aromatic rings. The third-order valence-electron chi connectivity index (χ3n) is 6.50. The van der Waals surface area contributed by atoms with Crippen molar-refractivity contribution in [3.05, 3.63) is 58.9 Å². The molecule has 2 aromatic carbocycles. The topological polar surface area (TPSA) is 23.8 Å². The van der Waals surface area contributed by atoms with Crippen LogP contribution in [0.15, 0.2) is 30.3 Å². The Kier molecular flexibility index (Phi) is 7.96. The van der Waals surface area contributed by atoms with E-state index in [1.165, 1.54) is 75.6 Å². The number of unbranched alkanes of at least 4 members (excludes halogenated alkanes) is 2. The molecule has 0 aliphatic heterocycles. The predicted octanol–water partition coefficient (Wildman–Crippen LogP) is 7.96. The molecule has 0 heterocycles. The SMILES string of the molecule is CCCCCC1CCC(CCc2cc(F)c(-c3ccc(C#N)c(F)c3)c(F)c2)CC1. The highest BCUT2D eigenvalue weighted by molar-refractivity contribution is 5.66. The van der Waals surface area contributed by atoms with Gasteiger partial charge in [-0.2, -0.15) is 5.26 Å². The molecular weight excluding hydrogens is 383 g/mol. The summed E-state index contributed by atoms with van der Waals surface area (Å²) in [7, 11) is 0. The largest absolute Gasteiger partial charge is 0.206 e. The average Bonchev–Trinajstić information content (AvgIpc) is 2.73. The first-order chi connectivity index (χ1) is 14.5. The van der Waals surface area contributed by atoms with Crippen LogP contribution < -0.4 is 0 Å². The molecule has 3 rings (SSSR count). The molecule has 0 radical (unpaired) electrons. The van der Waals surface area contributed by atoms with E-state index in [0.717, 1.165) is 18.4 Å². The Hall–Kier alpha value is -2.28. The maximum Gasteiger partial charge on any atom is 0.141 e. The van der Waals surface area contributed by atoms with E-state index < -0.39 is 17.5 Å². The summed E-state index contributed by atoms with van der Waals surface area (Å²) in [6.45, 7) is 2.23. The highest BCUT2D eigenvalue weighted by atomic mass is 19.1. The molecule has 1 fully saturated rings. The number of rotatable bonds is 8. The van der Waals surface area contributed by atoms with Gasteiger partial charge in [0.2, 0.25) is 0 Å². The normalized spacial score (nSPS) is 18.9. The van der Waals surface area contributed by atoms with Crippen molar-refractivity contribution in [1.29, 1.82) is 5.26 Å². The van der Waals surface area contributed by atoms with Gasteiger partial charge < -0.3 is 0 Å². The molecule has 0 bridgehead atoms. The summed E-state index contributed by atoms with van der Waals surface area (Å²) < 4.78 is 43.1. The number of hydrogen-bond donors (Lipinski definition) is 0. The number of hydrogen-bond acceptors (Lipinski definition) is 1. The second kappa shape index (κ2) is 10.7. The molecule has 0 saturated heterocycles. The number of aryl methyl sites for hydroxylation is 1. The fraction of sp³-hybridized carbons (Fsp3) is 0.500. The lowest BCUT2D eigenvalue weighted by molar-refractivity contribution is 0.249. The molecule has 1 aliphatic rings. The summed E-state index contributed by atoms with van der Waals surface area (Å²) in [4.78, 5) is 0. The fourth-order valence-corrected chi connectivity index (χ4v) is 4.67. The van der Waals surface area contributed by atoms with Crippen LogP contribution in [0.1, 0.15) is 75.8 Å². The third kappa shape index (κ3) is 5.65. The van der Waals surface area contributed by atoms with Crippen LogP contribution in [0.4, 0.5) is 13.2 Å². The molecule has 0 N–H and O–H groups in total. The van der Waals surface area contributed by atoms with Crippen LogP contribution in [-0.2, 0) is 6.42 Å². The van der Waals surface area contributed by atoms with Crippen molar-refractivity contribution >= 4 is 0 Å². The van der Waals surface area contributed by atoms with Gasteiger partial charge in [0.25, 0.3) is 0 Å². The summed E-state index contributed by atoms with van der Waals surface area (Å²) in [5.41, 5.74) is 0.369. The van der Waals surface area contributed by atoms with E-state index in [0.29, 0.717) is 17.9 Å². The summed E-state index contributed by atoms with van der Waals surface area (Å²) in [6, 6.07) is 8.08. The zero-order valence-corrected chi connectivity index (χ0v) is 17.7. The van der Waals surface area contributed by atoms with Crippen LogP contribution >= 0.6 is 0 Å². The molecule has 4 heteroatoms. The lowest BCUT2D eigenvalue weighted by Crippen LogP contribution is -2.15. The molecular formula is C26H30F3N. The van der Waals surface area contributed by atoms with Crippen molar-refractivity contribution in [2.45, 2.75) is 71.1 Å². The maximum absolute atomic E-state index is 14.6. The van der Waals surface area contributed by atoms with E-state index in [1.54, 1.807) is 6.07 Å². The minimum atomic E-state index is -0.775. The van der Waals surface area contributed by atoms with E-state index >= 15 is 0 Å². The number of benzene rings is 2. The minimum Gasteiger partial charge on any atom is -0.206 e. The van der Waals surface area contributed by atoms with E-state index in [-0.39, 0.29) is 16.7 Å². The smallest absolute Gasteiger partial charge is 0.141 e. The molecule has 0 unspecified atom stereocenters. The fourth-order valence-electron chi connectivity index (χ4n) is 4.67. The van der Waals surface area contributed by atoms with E-state index in [4.69, 9.17) is 5.26 Å². The molecule has 0 aromatic heterocycles. The third-order valence-corrected chi connectivity index (χ3v) is 6.50. The van der Waals surface area contributed by atoms with Gasteiger partial charge in [-0.25, -0.2) is 13.2 Å². The highest BCUT2D eigenvalue weighted by Crippen LogP contribution is 2.35. The van der Waals surface area contributed by atoms with Gasteiger partial charge in [-0.3, -0.25) is 0 Å². The number of nitrogens with zero attached hydrogens (tertiary/aromatic N) is 1. The Labute approximate surface area is 177 Å². The van der Waals surface area contributed by atoms with Crippen LogP contribution in [0.3, 0.4) is 0 Å². The molecule has 0 amide bonds. The second-order valence-electron chi connectivity index (χ2n) is 8.66. The molecule has 1 nitrogen and oxygen atoms in total. The zero-order chi connectivity index (χ0) is 21.5. The molecule has 0 atom stereocenters. The lowest BCUT2D eigenvalue weighted by atomic mass is 9.77. The highest BCUT2D eigenvalue weighted by Gasteiger charge is 2.21. The molecule has 1 aliphatic carbocycles. The van der Waals surface area contributed by atoms with Crippen molar-refractivity contribution in [3.63, 3.8) is 0 Å². The summed E-state index contributed by atoms with van der Waals surface area (Å²) in [6.07, 6.45) is 11.8. The van der Waals surface area contributed by atoms with Crippen LogP contribution in [0.5, 0.6) is 0 Å². The Morgan fingerprint density at radius 3 is 2.07 bits per heavy atom. The quantitative estimate of drug-likeness (QED) is 0.403. The summed E-state index contributed by atoms with van der Waals surface area (Å²) in [5, 5.41) is 8.82. The van der Waals surface area contributed by atoms with Gasteiger partial charge in [0, 0.05) is 0 Å². The Morgan fingerprint density at radius 2 is 1.50 bits per heavy atom. The Morgan fingerprint density at radius 1 is 0.867 bits per heavy atom. The molecule has 160 valence electrons. The van der Waals surface area contributed by atoms with Crippen molar-refractivity contribution in [2.75, 3.05) is 0 Å². The second-order valence-corrected chi connectivity index (χ2v) is 8.66. The lowest BCUT2D eigenvalue weighted by Gasteiger charge is -2.28. The van der Waals surface area contributed by atoms with Crippen molar-refractivity contribution in [2.24, 2.45) is 11.8 Å². The first kappa shape index (κ1) is 22.4. The molecule has 0 spiro atoms. The van der Waals surface area contributed by atoms with Crippen molar-refractivity contribution < 1.29 is 13.2 Å². The van der Waals surface area contributed by atoms with Crippen LogP contribution in [0, 0.1) is 40.6 Å². The van der Waals surface area contributed by atoms with Crippen molar-refractivity contribution in [3.8, 4) is 17.2 Å². The zero-order valence-electron chi connectivity index (χ0n) is 17.7. The van der Waals surface area contributed by atoms with E-state index in [1.807, 2.05) is 0 Å². The number of nitriles is 1. The predicted molar refractivity (Wildman–Crippen MR) is 114 cm³/mol. The van der Waals surface area contributed by atoms with E-state index in [2.05, 4.69) is 6.92 Å². The van der Waals surface area contributed by atoms with Crippen LogP contribution in [-0.4, -0.2) is 0 Å². The molecule has 30 heavy (non-hydrogen) atoms. The van der Waals surface area contributed by atoms with Gasteiger partial charge in [0.05, 0.1) is 11.1 Å². The first-order valence-corrected chi connectivity index (χ1v) is 11.2. The van der Waals surface area contributed by atoms with Gasteiger partial charge in [-0.1, -0.05) is 64.4 Å². The van der Waals surface area contributed by atoms with Crippen LogP contribution in [0.25, 0.3) is 11.1 Å². The molecule has 1 saturated carbocycles. The van der Waals surface area contributed by atoms with Gasteiger partial charge >= 0.3 is 0 Å².